The molecule has 0 atom stereocenters. The van der Waals surface area contributed by atoms with Gasteiger partial charge in [-0.2, -0.15) is 0 Å². The predicted octanol–water partition coefficient (Wildman–Crippen LogP) is 0.650. The quantitative estimate of drug-likeness (QED) is 0.804. The molecule has 1 aliphatic carbocycles. The van der Waals surface area contributed by atoms with Gasteiger partial charge in [-0.25, -0.2) is 4.98 Å². The summed E-state index contributed by atoms with van der Waals surface area (Å²) in [5.41, 5.74) is 0.537. The number of anilines is 1. The monoisotopic (exact) mass is 249 g/mol. The van der Waals surface area contributed by atoms with Crippen LogP contribution in [0.3, 0.4) is 0 Å². The predicted molar refractivity (Wildman–Crippen MR) is 69.7 cm³/mol. The van der Waals surface area contributed by atoms with Crippen LogP contribution in [0.15, 0.2) is 18.3 Å². The zero-order valence-electron chi connectivity index (χ0n) is 10.8. The second kappa shape index (κ2) is 4.94. The highest BCUT2D eigenvalue weighted by Gasteiger charge is 2.42. The van der Waals surface area contributed by atoms with E-state index in [1.165, 1.54) is 0 Å². The van der Waals surface area contributed by atoms with Crippen LogP contribution in [0.5, 0.6) is 0 Å². The van der Waals surface area contributed by atoms with Crippen molar-refractivity contribution in [2.24, 2.45) is 5.41 Å². The van der Waals surface area contributed by atoms with Crippen molar-refractivity contribution in [1.82, 2.24) is 10.3 Å². The van der Waals surface area contributed by atoms with Crippen molar-refractivity contribution >= 4 is 11.7 Å². The minimum Gasteiger partial charge on any atom is -0.396 e. The highest BCUT2D eigenvalue weighted by Crippen LogP contribution is 2.44. The molecule has 1 amide bonds. The fraction of sp³-hybridized carbons (Fsp3) is 0.538. The van der Waals surface area contributed by atoms with E-state index in [1.54, 1.807) is 18.3 Å². The van der Waals surface area contributed by atoms with Crippen molar-refractivity contribution in [2.75, 3.05) is 32.1 Å². The Balaban J connectivity index is 1.98. The van der Waals surface area contributed by atoms with E-state index in [0.717, 1.165) is 18.7 Å². The molecule has 18 heavy (non-hydrogen) atoms. The first-order chi connectivity index (χ1) is 8.56. The number of carbonyl (C=O) groups is 1. The van der Waals surface area contributed by atoms with Crippen molar-refractivity contribution in [3.8, 4) is 0 Å². The zero-order chi connectivity index (χ0) is 13.2. The van der Waals surface area contributed by atoms with Crippen LogP contribution in [0, 0.1) is 5.41 Å². The number of amides is 1. The molecule has 98 valence electrons. The van der Waals surface area contributed by atoms with Crippen molar-refractivity contribution in [3.05, 3.63) is 23.9 Å². The maximum Gasteiger partial charge on any atom is 0.251 e. The van der Waals surface area contributed by atoms with Crippen LogP contribution in [0.25, 0.3) is 0 Å². The summed E-state index contributed by atoms with van der Waals surface area (Å²) in [5, 5.41) is 12.1. The average molecular weight is 249 g/mol. The molecule has 1 saturated carbocycles. The van der Waals surface area contributed by atoms with Gasteiger partial charge in [0.2, 0.25) is 0 Å². The third kappa shape index (κ3) is 2.79. The summed E-state index contributed by atoms with van der Waals surface area (Å²) >= 11 is 0. The Bertz CT molecular complexity index is 442. The number of hydrogen-bond donors (Lipinski definition) is 2. The molecule has 2 rings (SSSR count). The van der Waals surface area contributed by atoms with Gasteiger partial charge >= 0.3 is 0 Å². The van der Waals surface area contributed by atoms with Crippen molar-refractivity contribution in [2.45, 2.75) is 12.8 Å². The lowest BCUT2D eigenvalue weighted by Crippen LogP contribution is -2.32. The molecule has 0 saturated heterocycles. The maximum atomic E-state index is 12.0. The Hall–Kier alpha value is -1.62. The first-order valence-electron chi connectivity index (χ1n) is 6.09. The van der Waals surface area contributed by atoms with Crippen molar-refractivity contribution < 1.29 is 9.90 Å². The molecular formula is C13H19N3O2. The summed E-state index contributed by atoms with van der Waals surface area (Å²) in [6.07, 6.45) is 3.61. The number of hydrogen-bond acceptors (Lipinski definition) is 4. The standard InChI is InChI=1S/C13H19N3O2/c1-16(2)11-7-10(3-6-14-11)12(18)15-8-13(9-17)4-5-13/h3,6-7,17H,4-5,8-9H2,1-2H3,(H,15,18). The fourth-order valence-corrected chi connectivity index (χ4v) is 1.74. The van der Waals surface area contributed by atoms with E-state index in [0.29, 0.717) is 12.1 Å². The van der Waals surface area contributed by atoms with Crippen molar-refractivity contribution in [1.29, 1.82) is 0 Å². The summed E-state index contributed by atoms with van der Waals surface area (Å²) in [6.45, 7) is 0.689. The van der Waals surface area contributed by atoms with Gasteiger partial charge in [0, 0.05) is 37.8 Å². The van der Waals surface area contributed by atoms with Crippen LogP contribution in [0.1, 0.15) is 23.2 Å². The third-order valence-corrected chi connectivity index (χ3v) is 3.38. The van der Waals surface area contributed by atoms with E-state index in [2.05, 4.69) is 10.3 Å². The smallest absolute Gasteiger partial charge is 0.251 e. The van der Waals surface area contributed by atoms with Gasteiger partial charge in [0.05, 0.1) is 6.61 Å². The highest BCUT2D eigenvalue weighted by atomic mass is 16.3. The summed E-state index contributed by atoms with van der Waals surface area (Å²) < 4.78 is 0. The van der Waals surface area contributed by atoms with Gasteiger partial charge in [-0.05, 0) is 25.0 Å². The number of nitrogens with one attached hydrogen (secondary N) is 1. The molecule has 0 aromatic carbocycles. The molecule has 0 bridgehead atoms. The summed E-state index contributed by atoms with van der Waals surface area (Å²) in [7, 11) is 3.77. The van der Waals surface area contributed by atoms with Crippen molar-refractivity contribution in [3.63, 3.8) is 0 Å². The van der Waals surface area contributed by atoms with Gasteiger partial charge in [-0.15, -0.1) is 0 Å². The molecule has 1 heterocycles. The number of carbonyl (C=O) groups excluding carboxylic acids is 1. The molecule has 0 aliphatic heterocycles. The minimum atomic E-state index is -0.111. The molecule has 1 aromatic heterocycles. The van der Waals surface area contributed by atoms with Gasteiger partial charge in [-0.1, -0.05) is 0 Å². The number of nitrogens with zero attached hydrogens (tertiary/aromatic N) is 2. The van der Waals surface area contributed by atoms with Crippen LogP contribution in [-0.4, -0.2) is 43.2 Å². The molecule has 2 N–H and O–H groups in total. The zero-order valence-corrected chi connectivity index (χ0v) is 10.8. The van der Waals surface area contributed by atoms with Gasteiger partial charge < -0.3 is 15.3 Å². The van der Waals surface area contributed by atoms with Gasteiger partial charge in [-0.3, -0.25) is 4.79 Å². The Morgan fingerprint density at radius 1 is 1.56 bits per heavy atom. The fourth-order valence-electron chi connectivity index (χ4n) is 1.74. The second-order valence-electron chi connectivity index (χ2n) is 5.14. The van der Waals surface area contributed by atoms with Crippen LogP contribution in [-0.2, 0) is 0 Å². The van der Waals surface area contributed by atoms with E-state index >= 15 is 0 Å². The molecule has 1 aromatic rings. The van der Waals surface area contributed by atoms with Crippen LogP contribution in [0.4, 0.5) is 5.82 Å². The van der Waals surface area contributed by atoms with E-state index < -0.39 is 0 Å². The lowest BCUT2D eigenvalue weighted by molar-refractivity contribution is 0.0935. The largest absolute Gasteiger partial charge is 0.396 e. The maximum absolute atomic E-state index is 12.0. The van der Waals surface area contributed by atoms with Gasteiger partial charge in [0.15, 0.2) is 0 Å². The summed E-state index contributed by atoms with van der Waals surface area (Å²) in [5.74, 6) is 0.645. The summed E-state index contributed by atoms with van der Waals surface area (Å²) in [4.78, 5) is 18.0. The Kier molecular flexibility index (Phi) is 3.52. The third-order valence-electron chi connectivity index (χ3n) is 3.38. The second-order valence-corrected chi connectivity index (χ2v) is 5.14. The van der Waals surface area contributed by atoms with Crippen LogP contribution >= 0.6 is 0 Å². The van der Waals surface area contributed by atoms with Crippen LogP contribution in [0.2, 0.25) is 0 Å². The Morgan fingerprint density at radius 2 is 2.28 bits per heavy atom. The van der Waals surface area contributed by atoms with Crippen LogP contribution < -0.4 is 10.2 Å². The van der Waals surface area contributed by atoms with Gasteiger partial charge in [0.1, 0.15) is 5.82 Å². The number of aromatic nitrogens is 1. The van der Waals surface area contributed by atoms with E-state index in [4.69, 9.17) is 0 Å². The summed E-state index contributed by atoms with van der Waals surface area (Å²) in [6, 6.07) is 3.45. The highest BCUT2D eigenvalue weighted by molar-refractivity contribution is 5.94. The average Bonchev–Trinajstić information content (AvgIpc) is 3.17. The minimum absolute atomic E-state index is 0.0624. The SMILES string of the molecule is CN(C)c1cc(C(=O)NCC2(CO)CC2)ccn1. The molecule has 5 heteroatoms. The first kappa shape index (κ1) is 12.8. The Morgan fingerprint density at radius 3 is 2.83 bits per heavy atom. The molecule has 0 spiro atoms. The number of aliphatic hydroxyl groups excluding tert-OH is 1. The van der Waals surface area contributed by atoms with E-state index in [9.17, 15) is 9.90 Å². The number of aliphatic hydroxyl groups is 1. The normalized spacial score (nSPS) is 16.2. The van der Waals surface area contributed by atoms with E-state index in [-0.39, 0.29) is 17.9 Å². The van der Waals surface area contributed by atoms with E-state index in [1.807, 2.05) is 19.0 Å². The molecule has 1 fully saturated rings. The van der Waals surface area contributed by atoms with Gasteiger partial charge in [0.25, 0.3) is 5.91 Å². The molecule has 0 radical (unpaired) electrons. The number of rotatable bonds is 5. The Labute approximate surface area is 107 Å². The first-order valence-corrected chi connectivity index (χ1v) is 6.09. The number of pyridine rings is 1. The molecule has 0 unspecified atom stereocenters. The molecule has 1 aliphatic rings. The topological polar surface area (TPSA) is 65.5 Å². The molecular weight excluding hydrogens is 230 g/mol. The molecule has 5 nitrogen and oxygen atoms in total. The lowest BCUT2D eigenvalue weighted by Gasteiger charge is -2.14. The lowest BCUT2D eigenvalue weighted by atomic mass is 10.1.